The highest BCUT2D eigenvalue weighted by Gasteiger charge is 2.20. The molecule has 0 bridgehead atoms. The van der Waals surface area contributed by atoms with E-state index in [1.165, 1.54) is 0 Å². The molecule has 0 spiro atoms. The molecule has 0 amide bonds. The summed E-state index contributed by atoms with van der Waals surface area (Å²) in [5.74, 6) is 0. The zero-order valence-corrected chi connectivity index (χ0v) is 11.9. The van der Waals surface area contributed by atoms with Gasteiger partial charge in [0.1, 0.15) is 0 Å². The van der Waals surface area contributed by atoms with E-state index in [0.717, 1.165) is 32.3 Å². The molecule has 1 aromatic carbocycles. The monoisotopic (exact) mass is 383 g/mol. The third-order valence-corrected chi connectivity index (χ3v) is 3.70. The first-order valence-electron chi connectivity index (χ1n) is 4.15. The van der Waals surface area contributed by atoms with Gasteiger partial charge in [0.25, 0.3) is 0 Å². The number of hydrogen-bond acceptors (Lipinski definition) is 2. The molecule has 14 heavy (non-hydrogen) atoms. The van der Waals surface area contributed by atoms with Crippen molar-refractivity contribution in [3.05, 3.63) is 25.6 Å². The molecule has 0 atom stereocenters. The summed E-state index contributed by atoms with van der Waals surface area (Å²) in [5.41, 5.74) is 1.08. The van der Waals surface area contributed by atoms with Gasteiger partial charge >= 0.3 is 0 Å². The Bertz CT molecular complexity index is 329. The summed E-state index contributed by atoms with van der Waals surface area (Å²) < 4.78 is 8.25. The Morgan fingerprint density at radius 1 is 1.14 bits per heavy atom. The van der Waals surface area contributed by atoms with E-state index < -0.39 is 0 Å². The summed E-state index contributed by atoms with van der Waals surface area (Å²) >= 11 is 10.5. The van der Waals surface area contributed by atoms with Gasteiger partial charge in [0.2, 0.25) is 0 Å². The van der Waals surface area contributed by atoms with Gasteiger partial charge in [-0.25, -0.2) is 0 Å². The van der Waals surface area contributed by atoms with Crippen LogP contribution in [0.15, 0.2) is 25.6 Å². The minimum atomic E-state index is 0.434. The van der Waals surface area contributed by atoms with Crippen LogP contribution >= 0.6 is 47.8 Å². The van der Waals surface area contributed by atoms with E-state index in [2.05, 4.69) is 53.1 Å². The van der Waals surface area contributed by atoms with E-state index in [4.69, 9.17) is 4.74 Å². The van der Waals surface area contributed by atoms with Crippen LogP contribution in [-0.2, 0) is 4.74 Å². The van der Waals surface area contributed by atoms with Crippen molar-refractivity contribution >= 4 is 53.5 Å². The largest absolute Gasteiger partial charge is 0.377 e. The van der Waals surface area contributed by atoms with Gasteiger partial charge in [-0.3, -0.25) is 0 Å². The quantitative estimate of drug-likeness (QED) is 0.836. The topological polar surface area (TPSA) is 21.3 Å². The standard InChI is InChI=1S/C9H8Br3NO/c10-5-1-7(11)9(8(12)2-5)13-6-3-14-4-6/h1-2,6,13H,3-4H2. The summed E-state index contributed by atoms with van der Waals surface area (Å²) in [6, 6.07) is 4.47. The lowest BCUT2D eigenvalue weighted by Gasteiger charge is -2.28. The number of ether oxygens (including phenoxy) is 1. The van der Waals surface area contributed by atoms with Gasteiger partial charge in [0, 0.05) is 13.4 Å². The molecule has 1 saturated heterocycles. The average Bonchev–Trinajstić information content (AvgIpc) is 1.98. The molecule has 0 unspecified atom stereocenters. The van der Waals surface area contributed by atoms with Crippen LogP contribution in [0.2, 0.25) is 0 Å². The number of rotatable bonds is 2. The number of benzene rings is 1. The van der Waals surface area contributed by atoms with Crippen molar-refractivity contribution in [2.24, 2.45) is 0 Å². The summed E-state index contributed by atoms with van der Waals surface area (Å²) in [5, 5.41) is 3.40. The van der Waals surface area contributed by atoms with Crippen LogP contribution in [0.5, 0.6) is 0 Å². The number of nitrogens with one attached hydrogen (secondary N) is 1. The lowest BCUT2D eigenvalue weighted by Crippen LogP contribution is -2.40. The van der Waals surface area contributed by atoms with Crippen LogP contribution in [-0.4, -0.2) is 19.3 Å². The first-order chi connectivity index (χ1) is 6.66. The maximum absolute atomic E-state index is 5.11. The van der Waals surface area contributed by atoms with Gasteiger partial charge in [-0.05, 0) is 44.0 Å². The molecule has 76 valence electrons. The highest BCUT2D eigenvalue weighted by atomic mass is 79.9. The maximum Gasteiger partial charge on any atom is 0.0729 e. The van der Waals surface area contributed by atoms with E-state index in [9.17, 15) is 0 Å². The predicted molar refractivity (Wildman–Crippen MR) is 67.8 cm³/mol. The van der Waals surface area contributed by atoms with Crippen molar-refractivity contribution < 1.29 is 4.74 Å². The summed E-state index contributed by atoms with van der Waals surface area (Å²) in [6.07, 6.45) is 0. The molecule has 1 aliphatic heterocycles. The minimum absolute atomic E-state index is 0.434. The second-order valence-corrected chi connectivity index (χ2v) is 5.75. The number of halogens is 3. The maximum atomic E-state index is 5.11. The lowest BCUT2D eigenvalue weighted by atomic mass is 10.2. The van der Waals surface area contributed by atoms with E-state index >= 15 is 0 Å². The van der Waals surface area contributed by atoms with Crippen molar-refractivity contribution in [1.82, 2.24) is 0 Å². The highest BCUT2D eigenvalue weighted by molar-refractivity contribution is 9.11. The third kappa shape index (κ3) is 2.32. The third-order valence-electron chi connectivity index (χ3n) is 1.99. The van der Waals surface area contributed by atoms with Crippen molar-refractivity contribution in [2.75, 3.05) is 18.5 Å². The number of anilines is 1. The molecule has 1 fully saturated rings. The molecule has 1 aliphatic rings. The Balaban J connectivity index is 2.22. The summed E-state index contributed by atoms with van der Waals surface area (Å²) in [6.45, 7) is 1.57. The molecule has 2 nitrogen and oxygen atoms in total. The molecule has 5 heteroatoms. The van der Waals surface area contributed by atoms with Gasteiger partial charge in [0.05, 0.1) is 24.9 Å². The van der Waals surface area contributed by atoms with Crippen LogP contribution < -0.4 is 5.32 Å². The lowest BCUT2D eigenvalue weighted by molar-refractivity contribution is 0.0210. The zero-order chi connectivity index (χ0) is 10.1. The van der Waals surface area contributed by atoms with Gasteiger partial charge < -0.3 is 10.1 Å². The van der Waals surface area contributed by atoms with Crippen LogP contribution in [0, 0.1) is 0 Å². The molecule has 0 aliphatic carbocycles. The smallest absolute Gasteiger partial charge is 0.0729 e. The first-order valence-corrected chi connectivity index (χ1v) is 6.53. The molecule has 1 aromatic rings. The molecule has 0 aromatic heterocycles. The fourth-order valence-corrected chi connectivity index (χ4v) is 3.69. The van der Waals surface area contributed by atoms with E-state index in [1.54, 1.807) is 0 Å². The minimum Gasteiger partial charge on any atom is -0.377 e. The second-order valence-electron chi connectivity index (χ2n) is 3.12. The fourth-order valence-electron chi connectivity index (χ4n) is 1.20. The van der Waals surface area contributed by atoms with Crippen LogP contribution in [0.4, 0.5) is 5.69 Å². The molecular weight excluding hydrogens is 378 g/mol. The van der Waals surface area contributed by atoms with Crippen LogP contribution in [0.1, 0.15) is 0 Å². The Labute approximate surface area is 108 Å². The molecule has 2 rings (SSSR count). The Hall–Kier alpha value is 0.420. The van der Waals surface area contributed by atoms with Crippen LogP contribution in [0.3, 0.4) is 0 Å². The van der Waals surface area contributed by atoms with Crippen molar-refractivity contribution in [3.8, 4) is 0 Å². The second kappa shape index (κ2) is 4.51. The molecule has 1 heterocycles. The fraction of sp³-hybridized carbons (Fsp3) is 0.333. The first kappa shape index (κ1) is 10.9. The summed E-state index contributed by atoms with van der Waals surface area (Å²) in [4.78, 5) is 0. The number of hydrogen-bond donors (Lipinski definition) is 1. The van der Waals surface area contributed by atoms with Crippen molar-refractivity contribution in [1.29, 1.82) is 0 Å². The molecule has 0 radical (unpaired) electrons. The molecule has 1 N–H and O–H groups in total. The van der Waals surface area contributed by atoms with Gasteiger partial charge in [-0.2, -0.15) is 0 Å². The van der Waals surface area contributed by atoms with E-state index in [1.807, 2.05) is 12.1 Å². The average molecular weight is 386 g/mol. The zero-order valence-electron chi connectivity index (χ0n) is 7.19. The normalized spacial score (nSPS) is 16.5. The molecule has 0 saturated carbocycles. The Morgan fingerprint density at radius 3 is 2.14 bits per heavy atom. The molecular formula is C9H8Br3NO. The highest BCUT2D eigenvalue weighted by Crippen LogP contribution is 2.35. The van der Waals surface area contributed by atoms with E-state index in [-0.39, 0.29) is 0 Å². The van der Waals surface area contributed by atoms with Crippen LogP contribution in [0.25, 0.3) is 0 Å². The predicted octanol–water partition coefficient (Wildman–Crippen LogP) is 3.78. The van der Waals surface area contributed by atoms with Crippen molar-refractivity contribution in [3.63, 3.8) is 0 Å². The van der Waals surface area contributed by atoms with Gasteiger partial charge in [-0.15, -0.1) is 0 Å². The Kier molecular flexibility index (Phi) is 3.52. The van der Waals surface area contributed by atoms with Gasteiger partial charge in [-0.1, -0.05) is 15.9 Å². The van der Waals surface area contributed by atoms with Gasteiger partial charge in [0.15, 0.2) is 0 Å². The summed E-state index contributed by atoms with van der Waals surface area (Å²) in [7, 11) is 0. The van der Waals surface area contributed by atoms with E-state index in [0.29, 0.717) is 6.04 Å². The SMILES string of the molecule is Brc1cc(Br)c(NC2COC2)c(Br)c1. The van der Waals surface area contributed by atoms with Crippen molar-refractivity contribution in [2.45, 2.75) is 6.04 Å². The Morgan fingerprint density at radius 2 is 1.71 bits per heavy atom.